The van der Waals surface area contributed by atoms with Crippen molar-refractivity contribution in [1.29, 1.82) is 5.26 Å². The Labute approximate surface area is 728 Å². The molecule has 1 amide bonds. The van der Waals surface area contributed by atoms with Gasteiger partial charge in [0.1, 0.15) is 0 Å². The number of allylic oxidation sites excluding steroid dienone is 1. The number of hydrogen-bond acceptors (Lipinski definition) is 15. The van der Waals surface area contributed by atoms with Gasteiger partial charge in [-0.25, -0.2) is 14.6 Å². The van der Waals surface area contributed by atoms with Crippen LogP contribution in [0.3, 0.4) is 0 Å². The second-order valence-electron chi connectivity index (χ2n) is 31.3. The van der Waals surface area contributed by atoms with Crippen molar-refractivity contribution in [2.75, 3.05) is 25.5 Å². The number of hydrogen-bond donors (Lipinski definition) is 2. The van der Waals surface area contributed by atoms with Gasteiger partial charge in [0.15, 0.2) is 22.5 Å². The first-order valence-electron chi connectivity index (χ1n) is 38.2. The molecule has 19 heteroatoms. The normalized spacial score (nSPS) is 14.8. The van der Waals surface area contributed by atoms with E-state index in [9.17, 15) is 33.6 Å². The van der Waals surface area contributed by atoms with Gasteiger partial charge in [-0.05, 0) is 139 Å². The summed E-state index contributed by atoms with van der Waals surface area (Å²) in [6.45, 7) is 30.8. The molecule has 0 saturated carbocycles. The zero-order valence-corrected chi connectivity index (χ0v) is 72.0. The summed E-state index contributed by atoms with van der Waals surface area (Å²) < 4.78 is 14.0. The lowest BCUT2D eigenvalue weighted by atomic mass is 9.67. The molecular formula is C100H106Br2N6O9S2. The summed E-state index contributed by atoms with van der Waals surface area (Å²) >= 11 is 13.7. The summed E-state index contributed by atoms with van der Waals surface area (Å²) in [5, 5.41) is 9.13. The summed E-state index contributed by atoms with van der Waals surface area (Å²) in [5.74, 6) is 2.30. The van der Waals surface area contributed by atoms with Crippen molar-refractivity contribution in [3.63, 3.8) is 0 Å². The average Bonchev–Trinajstić information content (AvgIpc) is 0.735. The number of aromatic nitrogens is 2. The third-order valence-electron chi connectivity index (χ3n) is 20.9. The summed E-state index contributed by atoms with van der Waals surface area (Å²) in [4.78, 5) is 97.0. The number of nitriles is 1. The van der Waals surface area contributed by atoms with E-state index in [0.717, 1.165) is 82.1 Å². The van der Waals surface area contributed by atoms with E-state index < -0.39 is 10.8 Å². The quantitative estimate of drug-likeness (QED) is 0.0174. The molecule has 5 aliphatic rings. The van der Waals surface area contributed by atoms with Crippen LogP contribution in [0.15, 0.2) is 243 Å². The number of thioether (sulfide) groups is 1. The first kappa shape index (κ1) is 95.0. The molecule has 0 radical (unpaired) electrons. The van der Waals surface area contributed by atoms with E-state index >= 15 is 0 Å². The number of rotatable bonds is 16. The second kappa shape index (κ2) is 40.5. The van der Waals surface area contributed by atoms with Gasteiger partial charge >= 0.3 is 11.9 Å². The third kappa shape index (κ3) is 21.1. The topological polar surface area (TPSA) is 235 Å². The maximum atomic E-state index is 13.5. The van der Waals surface area contributed by atoms with Gasteiger partial charge in [-0.3, -0.25) is 33.4 Å². The number of terminal acetylenes is 1. The monoisotopic (exact) mass is 1760 g/mol. The van der Waals surface area contributed by atoms with E-state index in [1.54, 1.807) is 59.7 Å². The number of carbonyl (C=O) groups excluding carboxylic acids is 6. The van der Waals surface area contributed by atoms with E-state index in [0.29, 0.717) is 135 Å². The highest BCUT2D eigenvalue weighted by Crippen LogP contribution is 2.49. The maximum Gasteiger partial charge on any atom is 0.336 e. The van der Waals surface area contributed by atoms with Crippen LogP contribution in [0, 0.1) is 46.8 Å². The van der Waals surface area contributed by atoms with Crippen molar-refractivity contribution in [2.45, 2.75) is 148 Å². The molecule has 2 heterocycles. The zero-order valence-electron chi connectivity index (χ0n) is 67.2. The standard InChI is InChI=1S/C27H24N2O2S.C25H23NO2S.C22H23NO3.C15H18BrNO2.C8H6BrN.3CH4/c1-5-14-29-25(31)22-23(28-26(29)32-15-6-2)21-13-12-19(16-20(21)17-27(22,3)4)24(30)18-10-8-7-9-11-18;1-4-12-26-21(29)14-20-19-11-10-17(23(27)16-8-6-5-7-9-16)13-18(19)15-25(2,3)22(20)24(26)28;1-4-26-21(25)18-19(23)17-11-10-15(12-16(17)13-22(18,2)3)20(24)14-8-6-5-7-9-14;1-4-19-14(18)12-13(17)11-6-5-10(16)7-9(11)8-15(12,2)3;1-6-4-8(9)3-2-7(6)5-10;;;/h2,5,7-13,16H,1,14-15,17H2,3-4H3;4-11,13H,1,12,14-15H2,2-3H3;5-12H,4,13,23H2,1-3H3;5-7H,4,8,17H2,1-3H3;2-4H,1H3;3*1H4. The van der Waals surface area contributed by atoms with Crippen molar-refractivity contribution in [3.8, 4) is 29.7 Å². The zero-order chi connectivity index (χ0) is 84.3. The number of fused-ring (bicyclic) bond motifs is 7. The Kier molecular flexibility index (Phi) is 32.3. The Morgan fingerprint density at radius 2 is 0.966 bits per heavy atom. The largest absolute Gasteiger partial charge is 0.463 e. The number of esters is 2. The SMILES string of the molecule is C.C.C.C#CCSc1nc2c(c(=O)n1CC=C)C(C)(C)Cc1cc(C(=O)c3ccccc3)ccc1-2.C=CCN1C(=O)C2=C(CC1=S)c1ccc(C(=O)c3ccccc3)cc1CC2(C)C.CCOC(=O)C1=C(N)c2ccc(Br)cc2CC1(C)C.CCOC(=O)C1=C(N)c2ccc(C(=O)c3ccccc3)cc2CC1(C)C.Cc1cc(Br)ccc1C#N. The molecule has 1 aromatic heterocycles. The van der Waals surface area contributed by atoms with Crippen LogP contribution in [0.25, 0.3) is 28.2 Å². The highest BCUT2D eigenvalue weighted by Gasteiger charge is 2.44. The van der Waals surface area contributed by atoms with Crippen LogP contribution < -0.4 is 17.0 Å². The fourth-order valence-electron chi connectivity index (χ4n) is 15.7. The van der Waals surface area contributed by atoms with Crippen LogP contribution in [0.4, 0.5) is 0 Å². The van der Waals surface area contributed by atoms with E-state index in [4.69, 9.17) is 49.8 Å². The van der Waals surface area contributed by atoms with Gasteiger partial charge < -0.3 is 20.9 Å². The number of amides is 1. The minimum Gasteiger partial charge on any atom is -0.463 e. The van der Waals surface area contributed by atoms with Crippen molar-refractivity contribution in [1.82, 2.24) is 14.5 Å². The number of ether oxygens (including phenoxy) is 2. The van der Waals surface area contributed by atoms with Crippen LogP contribution >= 0.6 is 55.8 Å². The van der Waals surface area contributed by atoms with Gasteiger partial charge in [0.05, 0.1) is 63.8 Å². The van der Waals surface area contributed by atoms with Gasteiger partial charge in [0.25, 0.3) is 11.5 Å². The van der Waals surface area contributed by atoms with Crippen molar-refractivity contribution in [3.05, 3.63) is 332 Å². The fourth-order valence-corrected chi connectivity index (χ4v) is 17.5. The summed E-state index contributed by atoms with van der Waals surface area (Å²) in [7, 11) is 0. The molecule has 14 rings (SSSR count). The molecule has 0 spiro atoms. The summed E-state index contributed by atoms with van der Waals surface area (Å²) in [6.07, 6.45) is 12.2. The number of carbonyl (C=O) groups is 6. The smallest absolute Gasteiger partial charge is 0.336 e. The molecule has 9 aromatic rings. The number of aryl methyl sites for hydroxylation is 1. The van der Waals surface area contributed by atoms with Crippen LogP contribution in [0.2, 0.25) is 0 Å². The molecule has 0 unspecified atom stereocenters. The molecule has 119 heavy (non-hydrogen) atoms. The molecule has 0 fully saturated rings. The first-order valence-corrected chi connectivity index (χ1v) is 41.1. The van der Waals surface area contributed by atoms with Gasteiger partial charge in [-0.15, -0.1) is 19.6 Å². The minimum absolute atomic E-state index is 0. The lowest BCUT2D eigenvalue weighted by molar-refractivity contribution is -0.140. The molecule has 4 N–H and O–H groups in total. The van der Waals surface area contributed by atoms with Crippen molar-refractivity contribution >= 4 is 113 Å². The summed E-state index contributed by atoms with van der Waals surface area (Å²) in [5.41, 5.74) is 29.8. The molecule has 616 valence electrons. The summed E-state index contributed by atoms with van der Waals surface area (Å²) in [6, 6.07) is 58.4. The third-order valence-corrected chi connectivity index (χ3v) is 23.1. The van der Waals surface area contributed by atoms with Crippen LogP contribution in [0.5, 0.6) is 0 Å². The van der Waals surface area contributed by atoms with Crippen LogP contribution in [0.1, 0.15) is 201 Å². The Bertz CT molecular complexity index is 5680. The van der Waals surface area contributed by atoms with Crippen molar-refractivity contribution in [2.24, 2.45) is 27.7 Å². The molecule has 0 saturated heterocycles. The average molecular weight is 1760 g/mol. The van der Waals surface area contributed by atoms with Gasteiger partial charge in [-0.2, -0.15) is 5.26 Å². The Morgan fingerprint density at radius 3 is 1.41 bits per heavy atom. The molecule has 0 bridgehead atoms. The number of nitrogens with zero attached hydrogens (tertiary/aromatic N) is 4. The molecule has 1 aliphatic heterocycles. The number of nitrogens with two attached hydrogens (primary N) is 2. The number of thiocarbonyl (C=S) groups is 1. The van der Waals surface area contributed by atoms with Gasteiger partial charge in [0, 0.05) is 106 Å². The Balaban J connectivity index is 0.000000211. The van der Waals surface area contributed by atoms with Gasteiger partial charge in [0.2, 0.25) is 0 Å². The number of benzene rings is 8. The lowest BCUT2D eigenvalue weighted by Crippen LogP contribution is -2.45. The molecular weight excluding hydrogens is 1650 g/mol. The second-order valence-corrected chi connectivity index (χ2v) is 34.5. The lowest BCUT2D eigenvalue weighted by Gasteiger charge is -2.41. The maximum absolute atomic E-state index is 13.5. The van der Waals surface area contributed by atoms with E-state index in [1.165, 1.54) is 11.8 Å². The highest BCUT2D eigenvalue weighted by molar-refractivity contribution is 9.10. The van der Waals surface area contributed by atoms with Gasteiger partial charge in [-0.1, -0.05) is 285 Å². The predicted octanol–water partition coefficient (Wildman–Crippen LogP) is 21.4. The molecule has 0 atom stereocenters. The predicted molar refractivity (Wildman–Crippen MR) is 495 cm³/mol. The highest BCUT2D eigenvalue weighted by atomic mass is 79.9. The Hall–Kier alpha value is -11.2. The molecule has 4 aliphatic carbocycles. The number of halogens is 2. The minimum atomic E-state index is -0.461. The van der Waals surface area contributed by atoms with Crippen LogP contribution in [-0.2, 0) is 61.5 Å². The fraction of sp³-hybridized carbons (Fsp3) is 0.280. The first-order chi connectivity index (χ1) is 55.1. The Morgan fingerprint density at radius 1 is 0.563 bits per heavy atom. The van der Waals surface area contributed by atoms with E-state index in [-0.39, 0.29) is 73.9 Å². The molecule has 15 nitrogen and oxygen atoms in total. The van der Waals surface area contributed by atoms with E-state index in [1.807, 2.05) is 186 Å². The van der Waals surface area contributed by atoms with Crippen molar-refractivity contribution < 1.29 is 38.2 Å². The number of ketones is 3. The van der Waals surface area contributed by atoms with Crippen LogP contribution in [-0.4, -0.2) is 80.1 Å². The molecule has 8 aromatic carbocycles. The van der Waals surface area contributed by atoms with E-state index in [2.05, 4.69) is 90.8 Å².